The van der Waals surface area contributed by atoms with E-state index in [1.54, 1.807) is 0 Å². The summed E-state index contributed by atoms with van der Waals surface area (Å²) < 4.78 is 10.2. The zero-order valence-electron chi connectivity index (χ0n) is 8.80. The topological polar surface area (TPSA) is 18.5 Å². The van der Waals surface area contributed by atoms with Gasteiger partial charge in [-0.3, -0.25) is 0 Å². The van der Waals surface area contributed by atoms with Gasteiger partial charge in [0.1, 0.15) is 0 Å². The lowest BCUT2D eigenvalue weighted by molar-refractivity contribution is 0.0300. The Hall–Kier alpha value is -0.0800. The fourth-order valence-electron chi connectivity index (χ4n) is 1.05. The second-order valence-electron chi connectivity index (χ2n) is 3.55. The van der Waals surface area contributed by atoms with Crippen LogP contribution < -0.4 is 0 Å². The predicted octanol–water partition coefficient (Wildman–Crippen LogP) is 2.62. The first kappa shape index (κ1) is 11.9. The zero-order chi connectivity index (χ0) is 9.40. The fraction of sp³-hybridized carbons (Fsp3) is 1.00. The lowest BCUT2D eigenvalue weighted by atomic mass is 10.4. The van der Waals surface area contributed by atoms with E-state index in [0.29, 0.717) is 12.2 Å². The number of hydrogen-bond acceptors (Lipinski definition) is 2. The molecule has 1 saturated heterocycles. The van der Waals surface area contributed by atoms with Crippen molar-refractivity contribution < 1.29 is 9.47 Å². The van der Waals surface area contributed by atoms with Crippen LogP contribution in [0.25, 0.3) is 0 Å². The quantitative estimate of drug-likeness (QED) is 0.640. The molecule has 0 aromatic carbocycles. The van der Waals surface area contributed by atoms with Crippen LogP contribution in [0, 0.1) is 0 Å². The van der Waals surface area contributed by atoms with Gasteiger partial charge in [0.15, 0.2) is 0 Å². The highest BCUT2D eigenvalue weighted by molar-refractivity contribution is 4.43. The van der Waals surface area contributed by atoms with Gasteiger partial charge in [-0.05, 0) is 40.5 Å². The van der Waals surface area contributed by atoms with Crippen molar-refractivity contribution in [2.45, 2.75) is 52.7 Å². The average molecular weight is 174 g/mol. The van der Waals surface area contributed by atoms with Crippen molar-refractivity contribution in [1.82, 2.24) is 0 Å². The molecular weight excluding hydrogens is 152 g/mol. The average Bonchev–Trinajstić information content (AvgIpc) is 2.36. The van der Waals surface area contributed by atoms with Gasteiger partial charge in [-0.2, -0.15) is 0 Å². The summed E-state index contributed by atoms with van der Waals surface area (Å²) in [6.45, 7) is 10.2. The highest BCUT2D eigenvalue weighted by Gasteiger charge is 1.95. The first-order valence-electron chi connectivity index (χ1n) is 4.86. The van der Waals surface area contributed by atoms with Gasteiger partial charge in [0, 0.05) is 13.2 Å². The SMILES string of the molecule is C1CCOC1.CC(C)OC(C)C. The van der Waals surface area contributed by atoms with Crippen molar-refractivity contribution in [1.29, 1.82) is 0 Å². The van der Waals surface area contributed by atoms with E-state index in [2.05, 4.69) is 0 Å². The first-order chi connectivity index (χ1) is 5.63. The molecule has 0 spiro atoms. The van der Waals surface area contributed by atoms with Crippen LogP contribution in [-0.4, -0.2) is 25.4 Å². The molecule has 12 heavy (non-hydrogen) atoms. The molecule has 0 saturated carbocycles. The van der Waals surface area contributed by atoms with Gasteiger partial charge in [-0.1, -0.05) is 0 Å². The Labute approximate surface area is 76.3 Å². The van der Waals surface area contributed by atoms with Gasteiger partial charge in [0.25, 0.3) is 0 Å². The molecule has 0 N–H and O–H groups in total. The van der Waals surface area contributed by atoms with Gasteiger partial charge in [0.05, 0.1) is 12.2 Å². The molecule has 0 amide bonds. The molecule has 0 aliphatic carbocycles. The Kier molecular flexibility index (Phi) is 7.51. The minimum atomic E-state index is 0.375. The maximum Gasteiger partial charge on any atom is 0.0522 e. The Morgan fingerprint density at radius 2 is 1.33 bits per heavy atom. The summed E-state index contributed by atoms with van der Waals surface area (Å²) in [5, 5.41) is 0. The molecule has 2 nitrogen and oxygen atoms in total. The van der Waals surface area contributed by atoms with Crippen molar-refractivity contribution in [3.63, 3.8) is 0 Å². The summed E-state index contributed by atoms with van der Waals surface area (Å²) in [4.78, 5) is 0. The molecule has 0 atom stereocenters. The van der Waals surface area contributed by atoms with Gasteiger partial charge >= 0.3 is 0 Å². The summed E-state index contributed by atoms with van der Waals surface area (Å²) in [5.74, 6) is 0. The number of hydrogen-bond donors (Lipinski definition) is 0. The molecule has 1 aliphatic heterocycles. The van der Waals surface area contributed by atoms with Crippen LogP contribution in [0.2, 0.25) is 0 Å². The molecule has 1 rings (SSSR count). The van der Waals surface area contributed by atoms with E-state index < -0.39 is 0 Å². The van der Waals surface area contributed by atoms with Gasteiger partial charge < -0.3 is 9.47 Å². The van der Waals surface area contributed by atoms with Crippen LogP contribution in [0.4, 0.5) is 0 Å². The highest BCUT2D eigenvalue weighted by atomic mass is 16.5. The van der Waals surface area contributed by atoms with Gasteiger partial charge in [0.2, 0.25) is 0 Å². The lowest BCUT2D eigenvalue weighted by Gasteiger charge is -2.09. The predicted molar refractivity (Wildman–Crippen MR) is 51.4 cm³/mol. The minimum Gasteiger partial charge on any atom is -0.381 e. The molecule has 0 radical (unpaired) electrons. The van der Waals surface area contributed by atoms with E-state index in [4.69, 9.17) is 9.47 Å². The number of ether oxygens (including phenoxy) is 2. The summed E-state index contributed by atoms with van der Waals surface area (Å²) in [6, 6.07) is 0. The Morgan fingerprint density at radius 3 is 1.42 bits per heavy atom. The summed E-state index contributed by atoms with van der Waals surface area (Å²) >= 11 is 0. The van der Waals surface area contributed by atoms with Gasteiger partial charge in [-0.15, -0.1) is 0 Å². The molecule has 1 fully saturated rings. The second-order valence-corrected chi connectivity index (χ2v) is 3.55. The molecule has 1 heterocycles. The van der Waals surface area contributed by atoms with Crippen LogP contribution in [0.3, 0.4) is 0 Å². The van der Waals surface area contributed by atoms with E-state index >= 15 is 0 Å². The normalized spacial score (nSPS) is 16.5. The molecule has 0 aromatic heterocycles. The second kappa shape index (κ2) is 7.56. The third kappa shape index (κ3) is 9.92. The van der Waals surface area contributed by atoms with Crippen LogP contribution in [-0.2, 0) is 9.47 Å². The zero-order valence-corrected chi connectivity index (χ0v) is 8.80. The molecule has 0 bridgehead atoms. The fourth-order valence-corrected chi connectivity index (χ4v) is 1.05. The molecule has 1 aliphatic rings. The Morgan fingerprint density at radius 1 is 0.917 bits per heavy atom. The summed E-state index contributed by atoms with van der Waals surface area (Å²) in [6.07, 6.45) is 3.31. The van der Waals surface area contributed by atoms with Crippen molar-refractivity contribution >= 4 is 0 Å². The van der Waals surface area contributed by atoms with Crippen molar-refractivity contribution in [3.8, 4) is 0 Å². The largest absolute Gasteiger partial charge is 0.381 e. The van der Waals surface area contributed by atoms with E-state index in [-0.39, 0.29) is 0 Å². The summed E-state index contributed by atoms with van der Waals surface area (Å²) in [5.41, 5.74) is 0. The summed E-state index contributed by atoms with van der Waals surface area (Å²) in [7, 11) is 0. The minimum absolute atomic E-state index is 0.375. The highest BCUT2D eigenvalue weighted by Crippen LogP contribution is 1.98. The van der Waals surface area contributed by atoms with E-state index in [1.165, 1.54) is 12.8 Å². The maximum atomic E-state index is 5.25. The third-order valence-corrected chi connectivity index (χ3v) is 1.37. The molecule has 2 heteroatoms. The van der Waals surface area contributed by atoms with Gasteiger partial charge in [-0.25, -0.2) is 0 Å². The first-order valence-corrected chi connectivity index (χ1v) is 4.86. The van der Waals surface area contributed by atoms with Crippen LogP contribution in [0.15, 0.2) is 0 Å². The van der Waals surface area contributed by atoms with Crippen LogP contribution >= 0.6 is 0 Å². The third-order valence-electron chi connectivity index (χ3n) is 1.37. The van der Waals surface area contributed by atoms with E-state index in [1.807, 2.05) is 27.7 Å². The van der Waals surface area contributed by atoms with Crippen molar-refractivity contribution in [2.75, 3.05) is 13.2 Å². The number of rotatable bonds is 2. The molecule has 0 aromatic rings. The molecular formula is C10H22O2. The standard InChI is InChI=1S/C6H14O.C4H8O/c1-5(2)7-6(3)4;1-2-4-5-3-1/h5-6H,1-4H3;1-4H2. The van der Waals surface area contributed by atoms with Crippen molar-refractivity contribution in [2.24, 2.45) is 0 Å². The lowest BCUT2D eigenvalue weighted by Crippen LogP contribution is -2.09. The Bertz CT molecular complexity index is 72.2. The van der Waals surface area contributed by atoms with Crippen LogP contribution in [0.1, 0.15) is 40.5 Å². The molecule has 0 unspecified atom stereocenters. The molecule has 74 valence electrons. The smallest absolute Gasteiger partial charge is 0.0522 e. The van der Waals surface area contributed by atoms with E-state index in [0.717, 1.165) is 13.2 Å². The monoisotopic (exact) mass is 174 g/mol. The van der Waals surface area contributed by atoms with Crippen molar-refractivity contribution in [3.05, 3.63) is 0 Å². The maximum absolute atomic E-state index is 5.25. The van der Waals surface area contributed by atoms with E-state index in [9.17, 15) is 0 Å². The Balaban J connectivity index is 0.000000211. The van der Waals surface area contributed by atoms with Crippen LogP contribution in [0.5, 0.6) is 0 Å².